The number of ether oxygens (including phenoxy) is 2. The first-order valence-electron chi connectivity index (χ1n) is 6.90. The van der Waals surface area contributed by atoms with Crippen molar-refractivity contribution in [2.24, 2.45) is 0 Å². The van der Waals surface area contributed by atoms with Gasteiger partial charge in [-0.25, -0.2) is 4.79 Å². The summed E-state index contributed by atoms with van der Waals surface area (Å²) in [6.45, 7) is 5.31. The van der Waals surface area contributed by atoms with E-state index in [1.807, 2.05) is 0 Å². The maximum absolute atomic E-state index is 11.9. The summed E-state index contributed by atoms with van der Waals surface area (Å²) in [5, 5.41) is 19.7. The van der Waals surface area contributed by atoms with E-state index >= 15 is 0 Å². The fourth-order valence-electron chi connectivity index (χ4n) is 1.74. The van der Waals surface area contributed by atoms with Crippen molar-refractivity contribution in [2.45, 2.75) is 45.0 Å². The highest BCUT2D eigenvalue weighted by Crippen LogP contribution is 2.21. The molecule has 1 rings (SSSR count). The van der Waals surface area contributed by atoms with E-state index in [0.717, 1.165) is 0 Å². The summed E-state index contributed by atoms with van der Waals surface area (Å²) >= 11 is 0. The lowest BCUT2D eigenvalue weighted by atomic mass is 10.0. The van der Waals surface area contributed by atoms with E-state index in [1.54, 1.807) is 20.8 Å². The monoisotopic (exact) mass is 310 g/mol. The van der Waals surface area contributed by atoms with Gasteiger partial charge in [0, 0.05) is 0 Å². The standard InChI is InChI=1S/C16H22O6/c1-16(2,3)22-15(20)11-7-5-10(6-8-11)14(19)12(17)9-13(18)21-4/h5-8,12,14,17,19H,9H2,1-4H3. The Morgan fingerprint density at radius 1 is 1.14 bits per heavy atom. The predicted octanol–water partition coefficient (Wildman–Crippen LogP) is 1.60. The molecule has 0 aliphatic rings. The minimum absolute atomic E-state index is 0.314. The third-order valence-electron chi connectivity index (χ3n) is 2.85. The van der Waals surface area contributed by atoms with Gasteiger partial charge in [-0.15, -0.1) is 0 Å². The quantitative estimate of drug-likeness (QED) is 0.802. The molecule has 0 fully saturated rings. The van der Waals surface area contributed by atoms with Gasteiger partial charge in [0.25, 0.3) is 0 Å². The first kappa shape index (κ1) is 18.1. The molecule has 2 N–H and O–H groups in total. The second kappa shape index (κ2) is 7.38. The van der Waals surface area contributed by atoms with Crippen LogP contribution in [0.4, 0.5) is 0 Å². The number of rotatable bonds is 5. The fourth-order valence-corrected chi connectivity index (χ4v) is 1.74. The van der Waals surface area contributed by atoms with Crippen LogP contribution in [0.3, 0.4) is 0 Å². The SMILES string of the molecule is COC(=O)CC(O)C(O)c1ccc(C(=O)OC(C)(C)C)cc1. The summed E-state index contributed by atoms with van der Waals surface area (Å²) in [7, 11) is 1.21. The van der Waals surface area contributed by atoms with E-state index in [1.165, 1.54) is 31.4 Å². The molecule has 2 atom stereocenters. The van der Waals surface area contributed by atoms with Crippen LogP contribution in [-0.4, -0.2) is 41.0 Å². The second-order valence-corrected chi connectivity index (χ2v) is 5.92. The highest BCUT2D eigenvalue weighted by molar-refractivity contribution is 5.89. The van der Waals surface area contributed by atoms with Crippen LogP contribution in [0.25, 0.3) is 0 Å². The zero-order valence-corrected chi connectivity index (χ0v) is 13.2. The molecule has 0 saturated carbocycles. The number of carbonyl (C=O) groups excluding carboxylic acids is 2. The van der Waals surface area contributed by atoms with Crippen LogP contribution in [-0.2, 0) is 14.3 Å². The number of esters is 2. The van der Waals surface area contributed by atoms with Crippen molar-refractivity contribution in [2.75, 3.05) is 7.11 Å². The fraction of sp³-hybridized carbons (Fsp3) is 0.500. The van der Waals surface area contributed by atoms with E-state index in [9.17, 15) is 19.8 Å². The molecule has 0 heterocycles. The number of hydrogen-bond donors (Lipinski definition) is 2. The maximum Gasteiger partial charge on any atom is 0.338 e. The molecule has 22 heavy (non-hydrogen) atoms. The van der Waals surface area contributed by atoms with Crippen molar-refractivity contribution < 1.29 is 29.3 Å². The summed E-state index contributed by atoms with van der Waals surface area (Å²) in [5.74, 6) is -1.08. The average molecular weight is 310 g/mol. The number of aliphatic hydroxyl groups excluding tert-OH is 2. The summed E-state index contributed by atoms with van der Waals surface area (Å²) in [4.78, 5) is 22.9. The molecule has 2 unspecified atom stereocenters. The molecule has 1 aromatic rings. The molecular weight excluding hydrogens is 288 g/mol. The Morgan fingerprint density at radius 3 is 2.14 bits per heavy atom. The van der Waals surface area contributed by atoms with Gasteiger partial charge in [-0.3, -0.25) is 4.79 Å². The van der Waals surface area contributed by atoms with Gasteiger partial charge in [-0.1, -0.05) is 12.1 Å². The lowest BCUT2D eigenvalue weighted by molar-refractivity contribution is -0.144. The van der Waals surface area contributed by atoms with Crippen LogP contribution >= 0.6 is 0 Å². The normalized spacial score (nSPS) is 14.1. The lowest BCUT2D eigenvalue weighted by Crippen LogP contribution is -2.24. The van der Waals surface area contributed by atoms with Crippen LogP contribution in [0, 0.1) is 0 Å². The topological polar surface area (TPSA) is 93.1 Å². The van der Waals surface area contributed by atoms with E-state index in [-0.39, 0.29) is 6.42 Å². The van der Waals surface area contributed by atoms with Gasteiger partial charge < -0.3 is 19.7 Å². The zero-order chi connectivity index (χ0) is 16.9. The molecule has 1 aromatic carbocycles. The molecule has 6 nitrogen and oxygen atoms in total. The molecule has 0 amide bonds. The van der Waals surface area contributed by atoms with Gasteiger partial charge in [-0.2, -0.15) is 0 Å². The molecule has 0 radical (unpaired) electrons. The highest BCUT2D eigenvalue weighted by atomic mass is 16.6. The largest absolute Gasteiger partial charge is 0.469 e. The average Bonchev–Trinajstić information content (AvgIpc) is 2.44. The Labute approximate surface area is 129 Å². The maximum atomic E-state index is 11.9. The summed E-state index contributed by atoms with van der Waals surface area (Å²) < 4.78 is 9.66. The van der Waals surface area contributed by atoms with Crippen molar-refractivity contribution >= 4 is 11.9 Å². The number of methoxy groups -OCH3 is 1. The van der Waals surface area contributed by atoms with Crippen LogP contribution in [0.2, 0.25) is 0 Å². The van der Waals surface area contributed by atoms with Gasteiger partial charge in [0.2, 0.25) is 0 Å². The highest BCUT2D eigenvalue weighted by Gasteiger charge is 2.23. The van der Waals surface area contributed by atoms with Crippen LogP contribution in [0.5, 0.6) is 0 Å². The Balaban J connectivity index is 2.75. The smallest absolute Gasteiger partial charge is 0.338 e. The van der Waals surface area contributed by atoms with Gasteiger partial charge in [0.1, 0.15) is 11.7 Å². The van der Waals surface area contributed by atoms with Crippen LogP contribution < -0.4 is 0 Å². The lowest BCUT2D eigenvalue weighted by Gasteiger charge is -2.20. The molecule has 0 aromatic heterocycles. The zero-order valence-electron chi connectivity index (χ0n) is 13.2. The Morgan fingerprint density at radius 2 is 1.68 bits per heavy atom. The third-order valence-corrected chi connectivity index (χ3v) is 2.85. The second-order valence-electron chi connectivity index (χ2n) is 5.92. The Kier molecular flexibility index (Phi) is 6.08. The Bertz CT molecular complexity index is 514. The van der Waals surface area contributed by atoms with Gasteiger partial charge in [0.15, 0.2) is 0 Å². The summed E-state index contributed by atoms with van der Waals surface area (Å²) in [5.41, 5.74) is 0.142. The number of hydrogen-bond acceptors (Lipinski definition) is 6. The number of carbonyl (C=O) groups is 2. The minimum Gasteiger partial charge on any atom is -0.469 e. The van der Waals surface area contributed by atoms with E-state index in [4.69, 9.17) is 4.74 Å². The molecule has 0 aliphatic carbocycles. The van der Waals surface area contributed by atoms with Gasteiger partial charge in [-0.05, 0) is 38.5 Å². The van der Waals surface area contributed by atoms with Gasteiger partial charge >= 0.3 is 11.9 Å². The number of aliphatic hydroxyl groups is 2. The van der Waals surface area contributed by atoms with Crippen LogP contribution in [0.15, 0.2) is 24.3 Å². The van der Waals surface area contributed by atoms with Crippen LogP contribution in [0.1, 0.15) is 49.2 Å². The minimum atomic E-state index is -1.28. The predicted molar refractivity (Wildman–Crippen MR) is 79.2 cm³/mol. The first-order chi connectivity index (χ1) is 10.1. The molecule has 0 bridgehead atoms. The van der Waals surface area contributed by atoms with E-state index in [2.05, 4.69) is 4.74 Å². The molecule has 0 saturated heterocycles. The van der Waals surface area contributed by atoms with Gasteiger partial charge in [0.05, 0.1) is 25.2 Å². The summed E-state index contributed by atoms with van der Waals surface area (Å²) in [6.07, 6.45) is -2.84. The van der Waals surface area contributed by atoms with Crippen molar-refractivity contribution in [3.8, 4) is 0 Å². The van der Waals surface area contributed by atoms with Crippen molar-refractivity contribution in [1.82, 2.24) is 0 Å². The molecule has 0 aliphatic heterocycles. The first-order valence-corrected chi connectivity index (χ1v) is 6.90. The summed E-state index contributed by atoms with van der Waals surface area (Å²) in [6, 6.07) is 6.00. The number of benzene rings is 1. The molecule has 6 heteroatoms. The third kappa shape index (κ3) is 5.46. The molecule has 0 spiro atoms. The van der Waals surface area contributed by atoms with Crippen molar-refractivity contribution in [3.05, 3.63) is 35.4 Å². The van der Waals surface area contributed by atoms with Crippen molar-refractivity contribution in [3.63, 3.8) is 0 Å². The molecule has 122 valence electrons. The van der Waals surface area contributed by atoms with Crippen molar-refractivity contribution in [1.29, 1.82) is 0 Å². The van der Waals surface area contributed by atoms with E-state index < -0.39 is 29.7 Å². The molecular formula is C16H22O6. The Hall–Kier alpha value is -1.92. The van der Waals surface area contributed by atoms with E-state index in [0.29, 0.717) is 11.1 Å².